The average molecular weight is 468 g/mol. The standard InChI is InChI=1S/C26H29NO7/c1-6-16(2)22(27-25(30)34-26(3,4)5)24(29)33-18-12-13-19-20(14-18)31-15-21(23(19)28)32-17-10-8-7-9-11-17/h7-16,22H,6H2,1-5H3,(H,27,30)/t16?,22-/m0/s1. The van der Waals surface area contributed by atoms with Crippen LogP contribution >= 0.6 is 0 Å². The molecule has 2 aromatic carbocycles. The van der Waals surface area contributed by atoms with Crippen LogP contribution in [-0.2, 0) is 9.53 Å². The summed E-state index contributed by atoms with van der Waals surface area (Å²) in [5, 5.41) is 2.87. The van der Waals surface area contributed by atoms with E-state index < -0.39 is 23.7 Å². The largest absolute Gasteiger partial charge is 0.460 e. The molecule has 1 heterocycles. The number of rotatable bonds is 7. The van der Waals surface area contributed by atoms with Gasteiger partial charge in [-0.2, -0.15) is 0 Å². The van der Waals surface area contributed by atoms with Crippen molar-refractivity contribution in [3.8, 4) is 17.2 Å². The second-order valence-corrected chi connectivity index (χ2v) is 8.93. The van der Waals surface area contributed by atoms with Crippen molar-refractivity contribution >= 4 is 23.0 Å². The summed E-state index contributed by atoms with van der Waals surface area (Å²) in [6.07, 6.45) is 1.15. The topological polar surface area (TPSA) is 104 Å². The maximum Gasteiger partial charge on any atom is 0.408 e. The molecule has 180 valence electrons. The Kier molecular flexibility index (Phi) is 7.61. The molecular formula is C26H29NO7. The Bertz CT molecular complexity index is 1210. The molecule has 1 amide bonds. The zero-order valence-electron chi connectivity index (χ0n) is 19.9. The van der Waals surface area contributed by atoms with Crippen LogP contribution in [0.3, 0.4) is 0 Å². The van der Waals surface area contributed by atoms with Gasteiger partial charge in [-0.3, -0.25) is 4.79 Å². The van der Waals surface area contributed by atoms with Gasteiger partial charge in [-0.15, -0.1) is 0 Å². The van der Waals surface area contributed by atoms with Gasteiger partial charge < -0.3 is 23.9 Å². The first-order valence-corrected chi connectivity index (χ1v) is 11.1. The predicted molar refractivity (Wildman–Crippen MR) is 127 cm³/mol. The van der Waals surface area contributed by atoms with Crippen molar-refractivity contribution in [2.24, 2.45) is 5.92 Å². The van der Waals surface area contributed by atoms with Crippen LogP contribution in [0.2, 0.25) is 0 Å². The zero-order valence-corrected chi connectivity index (χ0v) is 19.9. The highest BCUT2D eigenvalue weighted by Gasteiger charge is 2.30. The molecule has 0 aliphatic rings. The molecule has 0 radical (unpaired) electrons. The van der Waals surface area contributed by atoms with Crippen LogP contribution in [0, 0.1) is 5.92 Å². The number of para-hydroxylation sites is 1. The molecule has 1 aromatic heterocycles. The number of ether oxygens (including phenoxy) is 3. The monoisotopic (exact) mass is 467 g/mol. The number of carbonyl (C=O) groups is 2. The maximum atomic E-state index is 12.9. The fourth-order valence-electron chi connectivity index (χ4n) is 3.12. The zero-order chi connectivity index (χ0) is 24.9. The van der Waals surface area contributed by atoms with Gasteiger partial charge in [0.2, 0.25) is 11.2 Å². The molecule has 0 saturated carbocycles. The summed E-state index contributed by atoms with van der Waals surface area (Å²) in [6.45, 7) is 8.95. The van der Waals surface area contributed by atoms with Crippen LogP contribution in [0.4, 0.5) is 4.79 Å². The lowest BCUT2D eigenvalue weighted by molar-refractivity contribution is -0.138. The number of nitrogens with one attached hydrogen (secondary N) is 1. The van der Waals surface area contributed by atoms with Gasteiger partial charge in [0.25, 0.3) is 0 Å². The minimum atomic E-state index is -0.913. The summed E-state index contributed by atoms with van der Waals surface area (Å²) in [6, 6.07) is 12.4. The number of hydrogen-bond donors (Lipinski definition) is 1. The number of hydrogen-bond acceptors (Lipinski definition) is 7. The summed E-state index contributed by atoms with van der Waals surface area (Å²) >= 11 is 0. The van der Waals surface area contributed by atoms with E-state index in [1.54, 1.807) is 45.0 Å². The van der Waals surface area contributed by atoms with Crippen LogP contribution in [0.5, 0.6) is 17.2 Å². The Morgan fingerprint density at radius 3 is 2.41 bits per heavy atom. The van der Waals surface area contributed by atoms with E-state index in [1.165, 1.54) is 24.5 Å². The fourth-order valence-corrected chi connectivity index (χ4v) is 3.12. The van der Waals surface area contributed by atoms with E-state index in [0.29, 0.717) is 12.2 Å². The smallest absolute Gasteiger partial charge is 0.408 e. The van der Waals surface area contributed by atoms with E-state index in [9.17, 15) is 14.4 Å². The van der Waals surface area contributed by atoms with Gasteiger partial charge in [-0.1, -0.05) is 38.5 Å². The first-order chi connectivity index (χ1) is 16.1. The number of benzene rings is 2. The van der Waals surface area contributed by atoms with E-state index in [2.05, 4.69) is 5.32 Å². The van der Waals surface area contributed by atoms with Gasteiger partial charge in [0.05, 0.1) is 5.39 Å². The molecule has 0 spiro atoms. The normalized spacial score (nSPS) is 13.1. The number of alkyl carbamates (subject to hydrolysis) is 1. The van der Waals surface area contributed by atoms with E-state index in [1.807, 2.05) is 19.9 Å². The van der Waals surface area contributed by atoms with Crippen molar-refractivity contribution in [1.29, 1.82) is 0 Å². The number of fused-ring (bicyclic) bond motifs is 1. The van der Waals surface area contributed by atoms with Crippen molar-refractivity contribution in [1.82, 2.24) is 5.32 Å². The first kappa shape index (κ1) is 24.8. The SMILES string of the molecule is CCC(C)[C@H](NC(=O)OC(C)(C)C)C(=O)Oc1ccc2c(=O)c(Oc3ccccc3)coc2c1. The molecule has 8 nitrogen and oxygen atoms in total. The summed E-state index contributed by atoms with van der Waals surface area (Å²) in [7, 11) is 0. The van der Waals surface area contributed by atoms with Gasteiger partial charge in [-0.05, 0) is 51.0 Å². The Balaban J connectivity index is 1.78. The van der Waals surface area contributed by atoms with E-state index in [-0.39, 0.29) is 33.8 Å². The van der Waals surface area contributed by atoms with Crippen LogP contribution < -0.4 is 20.2 Å². The lowest BCUT2D eigenvalue weighted by Crippen LogP contribution is -2.48. The molecular weight excluding hydrogens is 438 g/mol. The third kappa shape index (κ3) is 6.37. The van der Waals surface area contributed by atoms with Crippen LogP contribution in [0.25, 0.3) is 11.0 Å². The van der Waals surface area contributed by atoms with Crippen LogP contribution in [-0.4, -0.2) is 23.7 Å². The lowest BCUT2D eigenvalue weighted by Gasteiger charge is -2.25. The minimum absolute atomic E-state index is 0.0434. The molecule has 8 heteroatoms. The van der Waals surface area contributed by atoms with Crippen LogP contribution in [0.15, 0.2) is 64.0 Å². The Morgan fingerprint density at radius 2 is 1.76 bits per heavy atom. The molecule has 0 fully saturated rings. The van der Waals surface area contributed by atoms with E-state index in [4.69, 9.17) is 18.6 Å². The second kappa shape index (κ2) is 10.4. The summed E-state index contributed by atoms with van der Waals surface area (Å²) < 4.78 is 21.9. The molecule has 3 rings (SSSR count). The Hall–Kier alpha value is -3.81. The molecule has 2 atom stereocenters. The molecule has 0 aliphatic carbocycles. The molecule has 1 N–H and O–H groups in total. The van der Waals surface area contributed by atoms with Crippen molar-refractivity contribution in [2.45, 2.75) is 52.7 Å². The number of carbonyl (C=O) groups excluding carboxylic acids is 2. The highest BCUT2D eigenvalue weighted by molar-refractivity contribution is 5.85. The first-order valence-electron chi connectivity index (χ1n) is 11.1. The van der Waals surface area contributed by atoms with Crippen molar-refractivity contribution < 1.29 is 28.2 Å². The maximum absolute atomic E-state index is 12.9. The van der Waals surface area contributed by atoms with E-state index in [0.717, 1.165) is 0 Å². The molecule has 0 bridgehead atoms. The minimum Gasteiger partial charge on any atom is -0.460 e. The second-order valence-electron chi connectivity index (χ2n) is 8.93. The molecule has 3 aromatic rings. The lowest BCUT2D eigenvalue weighted by atomic mass is 9.99. The quantitative estimate of drug-likeness (QED) is 0.365. The van der Waals surface area contributed by atoms with Gasteiger partial charge >= 0.3 is 12.1 Å². The predicted octanol–water partition coefficient (Wildman–Crippen LogP) is 5.43. The molecule has 34 heavy (non-hydrogen) atoms. The number of esters is 1. The Labute approximate surface area is 197 Å². The molecule has 1 unspecified atom stereocenters. The highest BCUT2D eigenvalue weighted by atomic mass is 16.6. The number of amides is 1. The highest BCUT2D eigenvalue weighted by Crippen LogP contribution is 2.24. The van der Waals surface area contributed by atoms with Gasteiger partial charge in [0.1, 0.15) is 35.0 Å². The molecule has 0 saturated heterocycles. The Morgan fingerprint density at radius 1 is 1.06 bits per heavy atom. The van der Waals surface area contributed by atoms with Crippen molar-refractivity contribution in [3.05, 3.63) is 65.0 Å². The van der Waals surface area contributed by atoms with Gasteiger partial charge in [-0.25, -0.2) is 9.59 Å². The summed E-state index contributed by atoms with van der Waals surface area (Å²) in [5.74, 6) is -0.117. The van der Waals surface area contributed by atoms with Gasteiger partial charge in [0.15, 0.2) is 0 Å². The van der Waals surface area contributed by atoms with Crippen molar-refractivity contribution in [3.63, 3.8) is 0 Å². The summed E-state index contributed by atoms with van der Waals surface area (Å²) in [4.78, 5) is 37.9. The van der Waals surface area contributed by atoms with Crippen molar-refractivity contribution in [2.75, 3.05) is 0 Å². The average Bonchev–Trinajstić information content (AvgIpc) is 2.78. The van der Waals surface area contributed by atoms with Crippen LogP contribution in [0.1, 0.15) is 41.0 Å². The third-order valence-corrected chi connectivity index (χ3v) is 5.04. The fraction of sp³-hybridized carbons (Fsp3) is 0.346. The molecule has 0 aliphatic heterocycles. The third-order valence-electron chi connectivity index (χ3n) is 5.04. The van der Waals surface area contributed by atoms with Gasteiger partial charge in [0, 0.05) is 6.07 Å². The summed E-state index contributed by atoms with van der Waals surface area (Å²) in [5.41, 5.74) is -0.824. The van der Waals surface area contributed by atoms with E-state index >= 15 is 0 Å².